The molecule has 1 saturated carbocycles. The number of carbonyl (C=O) groups excluding carboxylic acids is 2. The summed E-state index contributed by atoms with van der Waals surface area (Å²) in [4.78, 5) is 38.7. The Morgan fingerprint density at radius 3 is 2.61 bits per heavy atom. The Kier molecular flexibility index (Phi) is 9.37. The quantitative estimate of drug-likeness (QED) is 0.521. The molecule has 0 aromatic carbocycles. The van der Waals surface area contributed by atoms with Crippen LogP contribution in [0.2, 0.25) is 0 Å². The van der Waals surface area contributed by atoms with Crippen LogP contribution in [0.25, 0.3) is 0 Å². The number of ether oxygens (including phenoxy) is 2. The van der Waals surface area contributed by atoms with Gasteiger partial charge in [-0.05, 0) is 64.0 Å². The second-order valence-electron chi connectivity index (χ2n) is 9.80. The van der Waals surface area contributed by atoms with Gasteiger partial charge >= 0.3 is 0 Å². The lowest BCUT2D eigenvalue weighted by Crippen LogP contribution is -2.55. The number of allylic oxidation sites excluding steroid dienone is 2. The van der Waals surface area contributed by atoms with Gasteiger partial charge in [-0.25, -0.2) is 9.97 Å². The first-order valence-electron chi connectivity index (χ1n) is 12.3. The van der Waals surface area contributed by atoms with Crippen molar-refractivity contribution in [3.63, 3.8) is 0 Å². The van der Waals surface area contributed by atoms with E-state index in [0.29, 0.717) is 36.5 Å². The first-order valence-corrected chi connectivity index (χ1v) is 12.3. The number of methoxy groups -OCH3 is 1. The highest BCUT2D eigenvalue weighted by atomic mass is 16.5. The highest BCUT2D eigenvalue weighted by Crippen LogP contribution is 2.38. The SMILES string of the molecule is C.COC1=CC=C2N=CC(=O)N(CCC3CCC(NCc4ncc(OCC(C)=O)cn4)CC3)C2(C)C1.[HH]. The third-order valence-electron chi connectivity index (χ3n) is 7.22. The molecule has 1 N–H and O–H groups in total. The fourth-order valence-electron chi connectivity index (χ4n) is 5.09. The van der Waals surface area contributed by atoms with Gasteiger partial charge in [0.15, 0.2) is 11.5 Å². The summed E-state index contributed by atoms with van der Waals surface area (Å²) < 4.78 is 10.8. The Morgan fingerprint density at radius 1 is 1.22 bits per heavy atom. The van der Waals surface area contributed by atoms with Gasteiger partial charge in [-0.3, -0.25) is 14.6 Å². The molecule has 0 radical (unpaired) electrons. The van der Waals surface area contributed by atoms with E-state index in [1.54, 1.807) is 19.5 Å². The van der Waals surface area contributed by atoms with Gasteiger partial charge in [0, 0.05) is 20.4 Å². The summed E-state index contributed by atoms with van der Waals surface area (Å²) in [7, 11) is 1.67. The van der Waals surface area contributed by atoms with Gasteiger partial charge in [-0.1, -0.05) is 7.43 Å². The van der Waals surface area contributed by atoms with Crippen LogP contribution in [0.1, 0.15) is 67.1 Å². The summed E-state index contributed by atoms with van der Waals surface area (Å²) in [6, 6.07) is 0.437. The molecule has 1 amide bonds. The number of ketones is 1. The number of Topliss-reactive ketones (excluding diaryl/α,β-unsaturated/α-hetero) is 1. The second kappa shape index (κ2) is 12.3. The number of aliphatic imine (C=N–C) groups is 1. The average Bonchev–Trinajstić information content (AvgIpc) is 2.86. The molecule has 9 nitrogen and oxygen atoms in total. The highest BCUT2D eigenvalue weighted by Gasteiger charge is 2.43. The van der Waals surface area contributed by atoms with E-state index in [-0.39, 0.29) is 27.2 Å². The van der Waals surface area contributed by atoms with Gasteiger partial charge in [0.25, 0.3) is 5.91 Å². The van der Waals surface area contributed by atoms with Crippen molar-refractivity contribution in [2.75, 3.05) is 20.3 Å². The molecular weight excluding hydrogens is 458 g/mol. The zero-order chi connectivity index (χ0) is 24.8. The zero-order valence-electron chi connectivity index (χ0n) is 20.8. The van der Waals surface area contributed by atoms with Crippen LogP contribution >= 0.6 is 0 Å². The predicted octanol–water partition coefficient (Wildman–Crippen LogP) is 3.85. The van der Waals surface area contributed by atoms with E-state index in [1.807, 2.05) is 17.1 Å². The van der Waals surface area contributed by atoms with E-state index in [1.165, 1.54) is 13.1 Å². The number of amides is 1. The van der Waals surface area contributed by atoms with Crippen LogP contribution in [0.5, 0.6) is 5.75 Å². The maximum Gasteiger partial charge on any atom is 0.265 e. The number of aromatic nitrogens is 2. The van der Waals surface area contributed by atoms with Crippen molar-refractivity contribution in [2.45, 2.75) is 77.9 Å². The number of nitrogens with zero attached hydrogens (tertiary/aromatic N) is 4. The van der Waals surface area contributed by atoms with E-state index >= 15 is 0 Å². The number of rotatable bonds is 10. The van der Waals surface area contributed by atoms with E-state index in [0.717, 1.165) is 50.1 Å². The summed E-state index contributed by atoms with van der Waals surface area (Å²) in [6.45, 7) is 4.93. The number of nitrogens with one attached hydrogen (secondary N) is 1. The van der Waals surface area contributed by atoms with Crippen LogP contribution in [-0.2, 0) is 20.9 Å². The third kappa shape index (κ3) is 6.57. The summed E-state index contributed by atoms with van der Waals surface area (Å²) >= 11 is 0. The molecule has 1 atom stereocenters. The largest absolute Gasteiger partial charge is 0.501 e. The molecule has 4 rings (SSSR count). The minimum atomic E-state index is -0.447. The van der Waals surface area contributed by atoms with Crippen molar-refractivity contribution < 1.29 is 20.5 Å². The van der Waals surface area contributed by atoms with Gasteiger partial charge in [-0.15, -0.1) is 0 Å². The Balaban J connectivity index is 0.00000241. The van der Waals surface area contributed by atoms with Crippen molar-refractivity contribution in [3.05, 3.63) is 41.8 Å². The highest BCUT2D eigenvalue weighted by molar-refractivity contribution is 6.27. The van der Waals surface area contributed by atoms with Crippen molar-refractivity contribution in [3.8, 4) is 5.75 Å². The molecule has 2 aliphatic carbocycles. The second-order valence-corrected chi connectivity index (χ2v) is 9.80. The van der Waals surface area contributed by atoms with Gasteiger partial charge in [0.2, 0.25) is 0 Å². The lowest BCUT2D eigenvalue weighted by Gasteiger charge is -2.45. The van der Waals surface area contributed by atoms with E-state index < -0.39 is 5.54 Å². The molecule has 0 saturated heterocycles. The van der Waals surface area contributed by atoms with E-state index in [2.05, 4.69) is 27.2 Å². The molecule has 0 bridgehead atoms. The zero-order valence-corrected chi connectivity index (χ0v) is 20.8. The molecule has 0 spiro atoms. The predicted molar refractivity (Wildman–Crippen MR) is 141 cm³/mol. The third-order valence-corrected chi connectivity index (χ3v) is 7.22. The van der Waals surface area contributed by atoms with Crippen molar-refractivity contribution in [1.29, 1.82) is 0 Å². The Hall–Kier alpha value is -3.07. The first-order chi connectivity index (χ1) is 16.9. The Labute approximate surface area is 215 Å². The molecule has 3 aliphatic rings. The van der Waals surface area contributed by atoms with Crippen LogP contribution in [0, 0.1) is 5.92 Å². The van der Waals surface area contributed by atoms with Crippen molar-refractivity contribution in [2.24, 2.45) is 10.9 Å². The molecule has 198 valence electrons. The number of fused-ring (bicyclic) bond motifs is 1. The molecule has 1 aromatic heterocycles. The van der Waals surface area contributed by atoms with Gasteiger partial charge in [-0.2, -0.15) is 0 Å². The number of hydrogen-bond acceptors (Lipinski definition) is 8. The van der Waals surface area contributed by atoms with Crippen LogP contribution in [-0.4, -0.2) is 64.6 Å². The fraction of sp³-hybridized carbons (Fsp3) is 0.593. The number of carbonyl (C=O) groups is 2. The maximum absolute atomic E-state index is 12.7. The van der Waals surface area contributed by atoms with Crippen LogP contribution < -0.4 is 10.1 Å². The molecule has 1 aromatic rings. The minimum absolute atomic E-state index is 0. The normalized spacial score (nSPS) is 25.3. The summed E-state index contributed by atoms with van der Waals surface area (Å²) in [5, 5.41) is 3.57. The maximum atomic E-state index is 12.7. The molecule has 36 heavy (non-hydrogen) atoms. The Morgan fingerprint density at radius 2 is 1.94 bits per heavy atom. The van der Waals surface area contributed by atoms with Crippen LogP contribution in [0.15, 0.2) is 41.0 Å². The average molecular weight is 500 g/mol. The fourth-order valence-corrected chi connectivity index (χ4v) is 5.09. The monoisotopic (exact) mass is 499 g/mol. The van der Waals surface area contributed by atoms with Crippen LogP contribution in [0.4, 0.5) is 0 Å². The van der Waals surface area contributed by atoms with Crippen molar-refractivity contribution >= 4 is 17.9 Å². The molecule has 1 fully saturated rings. The van der Waals surface area contributed by atoms with Gasteiger partial charge in [0.05, 0.1) is 49.3 Å². The van der Waals surface area contributed by atoms with E-state index in [9.17, 15) is 9.59 Å². The standard InChI is InChI=1S/C26H35N5O4.CH4.H2/c1-18(32)17-35-22-13-29-24(30-14-22)15-27-20-6-4-19(5-7-20)10-11-31-25(33)16-28-23-9-8-21(34-3)12-26(23,31)2;;/h8-9,13-14,16,19-20,27H,4-7,10-12,15,17H2,1-3H3;1H4;1H. The molecule has 2 heterocycles. The van der Waals surface area contributed by atoms with Crippen molar-refractivity contribution in [1.82, 2.24) is 20.2 Å². The molecule has 1 unspecified atom stereocenters. The molecule has 1 aliphatic heterocycles. The Bertz CT molecular complexity index is 1020. The summed E-state index contributed by atoms with van der Waals surface area (Å²) in [5.74, 6) is 2.63. The molecule has 9 heteroatoms. The summed E-state index contributed by atoms with van der Waals surface area (Å²) in [6.07, 6.45) is 14.7. The molecular formula is C27H41N5O4. The van der Waals surface area contributed by atoms with Gasteiger partial charge < -0.3 is 19.7 Å². The minimum Gasteiger partial charge on any atom is -0.501 e. The lowest BCUT2D eigenvalue weighted by atomic mass is 9.82. The number of hydrogen-bond donors (Lipinski definition) is 1. The summed E-state index contributed by atoms with van der Waals surface area (Å²) in [5.41, 5.74) is 0.476. The van der Waals surface area contributed by atoms with Crippen LogP contribution in [0.3, 0.4) is 0 Å². The first kappa shape index (κ1) is 27.5. The van der Waals surface area contributed by atoms with Gasteiger partial charge in [0.1, 0.15) is 12.4 Å². The lowest BCUT2D eigenvalue weighted by molar-refractivity contribution is -0.129. The van der Waals surface area contributed by atoms with E-state index in [4.69, 9.17) is 9.47 Å². The smallest absolute Gasteiger partial charge is 0.265 e. The topological polar surface area (TPSA) is 106 Å².